The molecule has 11 N–H and O–H groups in total. The van der Waals surface area contributed by atoms with Crippen molar-refractivity contribution in [2.75, 3.05) is 76.4 Å². The highest BCUT2D eigenvalue weighted by Crippen LogP contribution is 2.68. The monoisotopic (exact) mass is 1770 g/mol. The van der Waals surface area contributed by atoms with Gasteiger partial charge < -0.3 is 75.5 Å². The van der Waals surface area contributed by atoms with Crippen LogP contribution in [0.3, 0.4) is 0 Å². The minimum absolute atomic E-state index is 0.00664. The summed E-state index contributed by atoms with van der Waals surface area (Å²) in [5.41, 5.74) is 2.75. The maximum atomic E-state index is 15.4. The van der Waals surface area contributed by atoms with E-state index in [9.17, 15) is 64.5 Å². The molecule has 4 unspecified atom stereocenters. The zero-order valence-electron chi connectivity index (χ0n) is 70.5. The predicted molar refractivity (Wildman–Crippen MR) is 450 cm³/mol. The van der Waals surface area contributed by atoms with Gasteiger partial charge in [-0.1, -0.05) is 95.3 Å². The number of ketones is 3. The van der Waals surface area contributed by atoms with E-state index in [2.05, 4.69) is 106 Å². The fourth-order valence-electron chi connectivity index (χ4n) is 20.2. The molecule has 0 radical (unpaired) electrons. The van der Waals surface area contributed by atoms with E-state index >= 15 is 4.79 Å². The van der Waals surface area contributed by atoms with Gasteiger partial charge in [0.05, 0.1) is 55.0 Å². The number of carbonyl (C=O) groups is 6. The number of para-hydroxylation sites is 1. The number of anilines is 1. The molecular formula is C87H107N13O23S2. The summed E-state index contributed by atoms with van der Waals surface area (Å²) in [7, 11) is 6.43. The first kappa shape index (κ1) is 95.3. The molecule has 6 aliphatic heterocycles. The van der Waals surface area contributed by atoms with Gasteiger partial charge in [0.1, 0.15) is 42.6 Å². The van der Waals surface area contributed by atoms with E-state index in [0.717, 1.165) is 58.5 Å². The smallest absolute Gasteiger partial charge is 0.407 e. The molecule has 4 fully saturated rings. The number of aliphatic hydroxyl groups excluding tert-OH is 4. The molecule has 14 rings (SSSR count). The number of hydrogen-bond acceptors (Lipinski definition) is 32. The number of nitrogens with zero attached hydrogens (tertiary/aromatic N) is 9. The lowest BCUT2D eigenvalue weighted by atomic mass is 9.47. The molecule has 36 nitrogen and oxygen atoms in total. The van der Waals surface area contributed by atoms with Gasteiger partial charge in [-0.2, -0.15) is 28.8 Å². The topological polar surface area (TPSA) is 526 Å². The number of rotatable bonds is 33. The van der Waals surface area contributed by atoms with Crippen molar-refractivity contribution in [2.45, 2.75) is 220 Å². The summed E-state index contributed by atoms with van der Waals surface area (Å²) in [6.07, 6.45) is 4.34. The Balaban J connectivity index is 0.00000162. The number of benzene rings is 3. The van der Waals surface area contributed by atoms with Gasteiger partial charge in [-0.25, -0.2) is 24.5 Å². The lowest BCUT2D eigenvalue weighted by molar-refractivity contribution is -0.228. The summed E-state index contributed by atoms with van der Waals surface area (Å²) >= 11 is 0. The standard InChI is InChI=1S/C84H107N13O17S2.3CO2/c1-7-81(110)42-50-41-80(4,72-55(28-33-95(45-50)47-81)54-16-9-10-17-58(54)91-72)57-39-56-60(40-64(57)112-6)94(5)77-83(56)30-34-96-31-15-29-82(8-2,76(83)96)78(108)84(77,111)65(100)44-86-79(109)113-35-37-116-115-36-14-19-62(99)59(38-53-46-97(93-92-53)32-13-20-63-68(102)69(103)70(104)71(114-63)75(106)107)90-66(101)21-12-11-18-61(98)51-25-22-49(23-26-51)24-27-52-43-85-73-67(89-52)74(105)88-48(3)87-73;3*2-1-3/h9-10,15-17,22-23,25-26,29,39-40,43,46,50,59,63,68-71,76-78,91,102-104,108,110-111H,7-8,11-14,18-21,24,27-28,30-38,41-42,44-45,47H2,1-6H3,(H,86,109)(H,90,101)(H,106,107)(H,85,87,88,105);;;/t50-,59-,63-,68?,69+,70?,71?,76-,77+,78+,80+,81-,82+,83+,84-;;;/m0.../s1. The quantitative estimate of drug-likeness (QED) is 0.0120. The first-order valence-electron chi connectivity index (χ1n) is 41.9. The van der Waals surface area contributed by atoms with Crippen LogP contribution in [0.1, 0.15) is 160 Å². The minimum Gasteiger partial charge on any atom is -0.496 e. The zero-order chi connectivity index (χ0) is 90.3. The molecule has 3 saturated heterocycles. The number of hydrogen-bond donors (Lipinski definition) is 11. The number of aromatic amines is 2. The molecule has 38 heteroatoms. The Hall–Kier alpha value is -10.4. The lowest BCUT2D eigenvalue weighted by Gasteiger charge is -2.63. The van der Waals surface area contributed by atoms with Crippen molar-refractivity contribution in [3.63, 3.8) is 0 Å². The number of nitrogens with one attached hydrogen (secondary N) is 4. The average molecular weight is 1770 g/mol. The van der Waals surface area contributed by atoms with E-state index in [1.165, 1.54) is 31.8 Å². The van der Waals surface area contributed by atoms with E-state index in [1.807, 2.05) is 43.2 Å². The van der Waals surface area contributed by atoms with Crippen LogP contribution in [0.2, 0.25) is 0 Å². The number of alkyl carbamates (subject to hydrolysis) is 1. The molecule has 10 heterocycles. The SMILES string of the molecule is CC[C@]1(O)C[C@H]2CN(CCc3c([nH]c4ccccc34)[C@@](C)(c3cc4c(cc3OC)N(C)[C@H]3[C@@](O)(C(=O)CNC(=O)OCCSSCCCC(=O)[C@H](Cc5cn(CCC[C@@H]6OC(C(=O)O)C(O)[C@H](O)C6O)nn5)NC(=O)CCCCC(=O)c5ccc(CCc6cnc7nc(C)[nH]c(=O)c7n6)cc5)[C@H](O)[C@]5(CC)C=CCN6CC[C@]43[C@@H]65)C2)C1.O=C=O.O=C=O.O=C=O. The Morgan fingerprint density at radius 3 is 2.26 bits per heavy atom. The number of aliphatic hydroxyl groups is 6. The summed E-state index contributed by atoms with van der Waals surface area (Å²) in [5, 5.41) is 94.6. The number of carboxylic acid groups (broad SMARTS) is 1. The Morgan fingerprint density at radius 1 is 0.816 bits per heavy atom. The van der Waals surface area contributed by atoms with Gasteiger partial charge in [-0.15, -0.1) is 5.10 Å². The van der Waals surface area contributed by atoms with Gasteiger partial charge in [0.15, 0.2) is 40.2 Å². The number of aromatic nitrogens is 8. The molecule has 7 aliphatic rings. The second kappa shape index (κ2) is 41.8. The third-order valence-corrected chi connectivity index (χ3v) is 28.2. The van der Waals surface area contributed by atoms with Gasteiger partial charge in [-0.3, -0.25) is 38.5 Å². The number of aliphatic carboxylic acids is 1. The molecule has 3 aromatic carbocycles. The predicted octanol–water partition coefficient (Wildman–Crippen LogP) is 3.97. The highest BCUT2D eigenvalue weighted by molar-refractivity contribution is 8.76. The van der Waals surface area contributed by atoms with Gasteiger partial charge >= 0.3 is 30.5 Å². The van der Waals surface area contributed by atoms with Crippen molar-refractivity contribution in [3.05, 3.63) is 146 Å². The van der Waals surface area contributed by atoms with Crippen LogP contribution in [-0.2, 0) is 100 Å². The summed E-state index contributed by atoms with van der Waals surface area (Å²) in [4.78, 5) is 169. The summed E-state index contributed by atoms with van der Waals surface area (Å²) < 4.78 is 19.0. The van der Waals surface area contributed by atoms with Gasteiger partial charge in [0, 0.05) is 145 Å². The van der Waals surface area contributed by atoms with E-state index in [1.54, 1.807) is 38.6 Å². The van der Waals surface area contributed by atoms with Crippen molar-refractivity contribution in [2.24, 2.45) is 11.3 Å². The number of Topliss-reactive ketones (excluding diaryl/α,β-unsaturated/α-hetero) is 3. The number of aryl methyl sites for hydroxylation is 4. The second-order valence-corrected chi connectivity index (χ2v) is 36.0. The number of fused-ring (bicyclic) bond motifs is 7. The third kappa shape index (κ3) is 20.4. The second-order valence-electron chi connectivity index (χ2n) is 33.3. The number of amides is 2. The van der Waals surface area contributed by atoms with Crippen LogP contribution < -0.4 is 25.8 Å². The largest absolute Gasteiger partial charge is 0.496 e. The molecular weight excluding hydrogens is 1660 g/mol. The number of H-pyrrole nitrogens is 2. The molecule has 670 valence electrons. The highest BCUT2D eigenvalue weighted by atomic mass is 33.1. The summed E-state index contributed by atoms with van der Waals surface area (Å²) in [6, 6.07) is 17.7. The maximum absolute atomic E-state index is 15.4. The number of unbranched alkanes of at least 4 members (excludes halogenated alkanes) is 1. The Labute approximate surface area is 727 Å². The van der Waals surface area contributed by atoms with Crippen molar-refractivity contribution < 1.29 is 107 Å². The zero-order valence-corrected chi connectivity index (χ0v) is 72.1. The lowest BCUT2D eigenvalue weighted by Crippen LogP contribution is -2.81. The van der Waals surface area contributed by atoms with Crippen molar-refractivity contribution >= 4 is 103 Å². The summed E-state index contributed by atoms with van der Waals surface area (Å²) in [6.45, 7) is 11.1. The van der Waals surface area contributed by atoms with Crippen LogP contribution in [0, 0.1) is 18.3 Å². The normalized spacial score (nSPS) is 27.0. The third-order valence-electron chi connectivity index (χ3n) is 25.8. The molecule has 16 atom stereocenters. The van der Waals surface area contributed by atoms with Gasteiger partial charge in [0.2, 0.25) is 5.91 Å². The van der Waals surface area contributed by atoms with Crippen LogP contribution in [0.5, 0.6) is 5.75 Å². The van der Waals surface area contributed by atoms with E-state index in [-0.39, 0.29) is 104 Å². The maximum Gasteiger partial charge on any atom is 0.407 e. The van der Waals surface area contributed by atoms with Crippen LogP contribution in [-0.4, -0.2) is 277 Å². The molecule has 4 aromatic heterocycles. The Morgan fingerprint density at radius 2 is 1.54 bits per heavy atom. The van der Waals surface area contributed by atoms with Crippen LogP contribution in [0.4, 0.5) is 10.5 Å². The number of ether oxygens (including phenoxy) is 3. The minimum atomic E-state index is -2.42. The van der Waals surface area contributed by atoms with E-state index < -0.39 is 106 Å². The van der Waals surface area contributed by atoms with Gasteiger partial charge in [-0.05, 0) is 139 Å². The van der Waals surface area contributed by atoms with Gasteiger partial charge in [0.25, 0.3) is 5.56 Å². The Kier molecular flexibility index (Phi) is 31.9. The van der Waals surface area contributed by atoms with E-state index in [0.29, 0.717) is 130 Å². The van der Waals surface area contributed by atoms with E-state index in [4.69, 9.17) is 43.0 Å². The van der Waals surface area contributed by atoms with Crippen LogP contribution in [0.15, 0.2) is 90.0 Å². The van der Waals surface area contributed by atoms with Crippen molar-refractivity contribution in [1.82, 2.24) is 60.3 Å². The Bertz CT molecular complexity index is 5220. The van der Waals surface area contributed by atoms with Crippen LogP contribution in [0.25, 0.3) is 22.1 Å². The fraction of sp³-hybridized carbons (Fsp3) is 0.552. The summed E-state index contributed by atoms with van der Waals surface area (Å²) in [5.74, 6) is -0.920. The van der Waals surface area contributed by atoms with Crippen molar-refractivity contribution in [3.8, 4) is 5.75 Å². The molecule has 125 heavy (non-hydrogen) atoms. The number of carbonyl (C=O) groups excluding carboxylic acids is 11. The molecule has 2 amide bonds. The number of likely N-dealkylation sites (N-methyl/N-ethyl adjacent to an activating group) is 1. The molecule has 1 spiro atoms. The number of piperidine rings is 1. The molecule has 1 aliphatic carbocycles. The highest BCUT2D eigenvalue weighted by Gasteiger charge is 2.78. The van der Waals surface area contributed by atoms with Crippen LogP contribution >= 0.6 is 21.6 Å². The average Bonchev–Trinajstić information content (AvgIpc) is 1.49. The first-order valence-corrected chi connectivity index (χ1v) is 44.4. The van der Waals surface area contributed by atoms with Crippen molar-refractivity contribution in [1.29, 1.82) is 0 Å². The fourth-order valence-corrected chi connectivity index (χ4v) is 22.1. The molecule has 2 bridgehead atoms. The molecule has 1 saturated carbocycles. The molecule has 7 aromatic rings. The number of methoxy groups -OCH3 is 1. The number of carboxylic acids is 1. The first-order chi connectivity index (χ1) is 59.9.